The monoisotopic (exact) mass is 540 g/mol. The van der Waals surface area contributed by atoms with E-state index < -0.39 is 16.1 Å². The zero-order valence-electron chi connectivity index (χ0n) is 21.6. The number of benzene rings is 2. The summed E-state index contributed by atoms with van der Waals surface area (Å²) < 4.78 is 31.3. The Morgan fingerprint density at radius 3 is 2.73 bits per heavy atom. The van der Waals surface area contributed by atoms with Gasteiger partial charge >= 0.3 is 0 Å². The largest absolute Gasteiger partial charge is 0.383 e. The topological polar surface area (TPSA) is 91.4 Å². The highest BCUT2D eigenvalue weighted by molar-refractivity contribution is 7.89. The number of hydrogen-bond donors (Lipinski definition) is 2. The summed E-state index contributed by atoms with van der Waals surface area (Å²) in [4.78, 5) is 20.5. The van der Waals surface area contributed by atoms with Crippen LogP contribution >= 0.6 is 11.3 Å². The van der Waals surface area contributed by atoms with Crippen LogP contribution < -0.4 is 10.0 Å². The first kappa shape index (κ1) is 26.1. The molecule has 0 aliphatic carbocycles. The zero-order valence-corrected chi connectivity index (χ0v) is 23.2. The number of carbonyl (C=O) groups excluding carboxylic acids is 1. The van der Waals surface area contributed by atoms with Gasteiger partial charge in [0.2, 0.25) is 15.9 Å². The van der Waals surface area contributed by atoms with Crippen LogP contribution in [0.4, 0.5) is 5.69 Å². The zero-order chi connectivity index (χ0) is 26.0. The van der Waals surface area contributed by atoms with Crippen molar-refractivity contribution in [3.8, 4) is 0 Å². The molecule has 1 fully saturated rings. The van der Waals surface area contributed by atoms with Gasteiger partial charge in [-0.3, -0.25) is 4.79 Å². The molecule has 37 heavy (non-hydrogen) atoms. The van der Waals surface area contributed by atoms with E-state index >= 15 is 0 Å². The van der Waals surface area contributed by atoms with Crippen molar-refractivity contribution in [3.05, 3.63) is 53.0 Å². The van der Waals surface area contributed by atoms with Crippen LogP contribution in [0.25, 0.3) is 10.2 Å². The molecule has 2 atom stereocenters. The summed E-state index contributed by atoms with van der Waals surface area (Å²) in [6, 6.07) is 12.3. The summed E-state index contributed by atoms with van der Waals surface area (Å²) in [5.74, 6) is 0.907. The lowest BCUT2D eigenvalue weighted by Gasteiger charge is -2.34. The van der Waals surface area contributed by atoms with Crippen LogP contribution in [0.5, 0.6) is 0 Å². The first-order valence-corrected chi connectivity index (χ1v) is 15.7. The lowest BCUT2D eigenvalue weighted by Crippen LogP contribution is -2.51. The lowest BCUT2D eigenvalue weighted by atomic mass is 9.92. The van der Waals surface area contributed by atoms with Crippen molar-refractivity contribution in [1.82, 2.24) is 14.6 Å². The molecule has 2 aliphatic heterocycles. The van der Waals surface area contributed by atoms with Crippen molar-refractivity contribution in [3.63, 3.8) is 0 Å². The molecule has 2 N–H and O–H groups in total. The Bertz CT molecular complexity index is 1330. The fraction of sp³-hybridized carbons (Fsp3) is 0.500. The maximum absolute atomic E-state index is 13.8. The third kappa shape index (κ3) is 5.84. The number of para-hydroxylation sites is 2. The maximum atomic E-state index is 13.8. The van der Waals surface area contributed by atoms with Gasteiger partial charge in [-0.1, -0.05) is 51.0 Å². The van der Waals surface area contributed by atoms with Gasteiger partial charge < -0.3 is 10.2 Å². The fourth-order valence-electron chi connectivity index (χ4n) is 5.58. The van der Waals surface area contributed by atoms with Gasteiger partial charge in [-0.2, -0.15) is 4.72 Å². The first-order valence-electron chi connectivity index (χ1n) is 13.4. The van der Waals surface area contributed by atoms with Gasteiger partial charge in [0.15, 0.2) is 0 Å². The molecule has 2 aromatic carbocycles. The standard InChI is InChI=1S/C28H36N4O3S2/c1-3-7-20-12-14-32(15-13-20)28(33)23(17-26-30-22-9-4-5-10-24(22)36-26)31-37(34,35)25-11-6-8-21-16-19(2)18-29-27(21)25/h4-6,8-11,19-20,23,29,31H,3,7,12-18H2,1-2H3/t19?,23-/m0/s1. The highest BCUT2D eigenvalue weighted by atomic mass is 32.2. The molecule has 0 spiro atoms. The van der Waals surface area contributed by atoms with E-state index in [1.54, 1.807) is 12.1 Å². The molecule has 1 amide bonds. The van der Waals surface area contributed by atoms with Gasteiger partial charge in [0, 0.05) is 26.1 Å². The molecular weight excluding hydrogens is 504 g/mol. The number of hydrogen-bond acceptors (Lipinski definition) is 6. The van der Waals surface area contributed by atoms with Crippen molar-refractivity contribution in [2.75, 3.05) is 25.0 Å². The third-order valence-electron chi connectivity index (χ3n) is 7.53. The van der Waals surface area contributed by atoms with E-state index in [4.69, 9.17) is 4.98 Å². The minimum atomic E-state index is -3.95. The lowest BCUT2D eigenvalue weighted by molar-refractivity contribution is -0.134. The molecule has 3 aromatic rings. The van der Waals surface area contributed by atoms with Crippen molar-refractivity contribution >= 4 is 43.2 Å². The number of carbonyl (C=O) groups is 1. The van der Waals surface area contributed by atoms with Crippen LogP contribution in [-0.2, 0) is 27.7 Å². The van der Waals surface area contributed by atoms with Gasteiger partial charge in [0.1, 0.15) is 10.9 Å². The quantitative estimate of drug-likeness (QED) is 0.427. The second kappa shape index (κ2) is 11.1. The Morgan fingerprint density at radius 2 is 1.97 bits per heavy atom. The average Bonchev–Trinajstić information content (AvgIpc) is 3.30. The Kier molecular flexibility index (Phi) is 7.83. The molecule has 5 rings (SSSR count). The molecule has 3 heterocycles. The molecule has 0 radical (unpaired) electrons. The van der Waals surface area contributed by atoms with E-state index in [9.17, 15) is 13.2 Å². The van der Waals surface area contributed by atoms with E-state index in [1.807, 2.05) is 35.2 Å². The molecule has 7 nitrogen and oxygen atoms in total. The Labute approximate surface area is 223 Å². The van der Waals surface area contributed by atoms with E-state index in [0.29, 0.717) is 30.6 Å². The van der Waals surface area contributed by atoms with Crippen LogP contribution in [0, 0.1) is 11.8 Å². The smallest absolute Gasteiger partial charge is 0.243 e. The van der Waals surface area contributed by atoms with Crippen LogP contribution in [0.15, 0.2) is 47.4 Å². The van der Waals surface area contributed by atoms with Crippen molar-refractivity contribution in [2.45, 2.75) is 63.3 Å². The molecule has 0 saturated carbocycles. The summed E-state index contributed by atoms with van der Waals surface area (Å²) in [5.41, 5.74) is 2.51. The van der Waals surface area contributed by atoms with Gasteiger partial charge in [-0.15, -0.1) is 11.3 Å². The first-order chi connectivity index (χ1) is 17.8. The molecule has 1 saturated heterocycles. The number of sulfonamides is 1. The number of likely N-dealkylation sites (tertiary alicyclic amines) is 1. The van der Waals surface area contributed by atoms with Crippen LogP contribution in [0.2, 0.25) is 0 Å². The molecular formula is C28H36N4O3S2. The predicted molar refractivity (Wildman–Crippen MR) is 149 cm³/mol. The van der Waals surface area contributed by atoms with Gasteiger partial charge in [0.25, 0.3) is 0 Å². The number of aromatic nitrogens is 1. The molecule has 0 bridgehead atoms. The Morgan fingerprint density at radius 1 is 1.19 bits per heavy atom. The number of thiazole rings is 1. The van der Waals surface area contributed by atoms with Crippen LogP contribution in [0.3, 0.4) is 0 Å². The summed E-state index contributed by atoms with van der Waals surface area (Å²) in [6.07, 6.45) is 5.31. The fourth-order valence-corrected chi connectivity index (χ4v) is 8.01. The number of nitrogens with zero attached hydrogens (tertiary/aromatic N) is 2. The van der Waals surface area contributed by atoms with Gasteiger partial charge in [-0.05, 0) is 54.9 Å². The molecule has 1 unspecified atom stereocenters. The number of anilines is 1. The predicted octanol–water partition coefficient (Wildman–Crippen LogP) is 4.83. The molecule has 2 aliphatic rings. The average molecular weight is 541 g/mol. The number of fused-ring (bicyclic) bond motifs is 2. The highest BCUT2D eigenvalue weighted by Crippen LogP contribution is 2.32. The molecule has 9 heteroatoms. The second-order valence-corrected chi connectivity index (χ2v) is 13.3. The van der Waals surface area contributed by atoms with E-state index in [2.05, 4.69) is 23.9 Å². The summed E-state index contributed by atoms with van der Waals surface area (Å²) in [6.45, 7) is 6.40. The highest BCUT2D eigenvalue weighted by Gasteiger charge is 2.34. The normalized spacial score (nSPS) is 19.4. The van der Waals surface area contributed by atoms with Crippen molar-refractivity contribution in [1.29, 1.82) is 0 Å². The number of rotatable bonds is 8. The second-order valence-electron chi connectivity index (χ2n) is 10.5. The van der Waals surface area contributed by atoms with Crippen LogP contribution in [0.1, 0.15) is 50.1 Å². The van der Waals surface area contributed by atoms with E-state index in [1.165, 1.54) is 17.8 Å². The summed E-state index contributed by atoms with van der Waals surface area (Å²) in [7, 11) is -3.95. The minimum Gasteiger partial charge on any atom is -0.383 e. The Hall–Kier alpha value is -2.49. The van der Waals surface area contributed by atoms with Crippen molar-refractivity contribution in [2.24, 2.45) is 11.8 Å². The molecule has 1 aromatic heterocycles. The van der Waals surface area contributed by atoms with Gasteiger partial charge in [-0.25, -0.2) is 13.4 Å². The maximum Gasteiger partial charge on any atom is 0.243 e. The summed E-state index contributed by atoms with van der Waals surface area (Å²) >= 11 is 1.51. The third-order valence-corrected chi connectivity index (χ3v) is 10.1. The minimum absolute atomic E-state index is 0.163. The summed E-state index contributed by atoms with van der Waals surface area (Å²) in [5, 5.41) is 4.07. The van der Waals surface area contributed by atoms with E-state index in [0.717, 1.165) is 53.0 Å². The number of amides is 1. The van der Waals surface area contributed by atoms with E-state index in [-0.39, 0.29) is 17.2 Å². The Balaban J connectivity index is 1.42. The SMILES string of the molecule is CCCC1CCN(C(=O)[C@H](Cc2nc3ccccc3s2)NS(=O)(=O)c2cccc3c2NCC(C)C3)CC1. The van der Waals surface area contributed by atoms with Crippen LogP contribution in [-0.4, -0.2) is 49.9 Å². The number of piperidine rings is 1. The molecule has 198 valence electrons. The van der Waals surface area contributed by atoms with Crippen molar-refractivity contribution < 1.29 is 13.2 Å². The number of nitrogens with one attached hydrogen (secondary N) is 2. The van der Waals surface area contributed by atoms with Gasteiger partial charge in [0.05, 0.1) is 20.9 Å².